The first-order valence-corrected chi connectivity index (χ1v) is 2.55. The Bertz CT molecular complexity index is 165. The predicted octanol–water partition coefficient (Wildman–Crippen LogP) is 1.34. The molecule has 0 bridgehead atoms. The quantitative estimate of drug-likeness (QED) is 0.440. The van der Waals surface area contributed by atoms with Crippen molar-refractivity contribution in [2.75, 3.05) is 0 Å². The average Bonchev–Trinajstić information content (AvgIpc) is 1.91. The normalized spacial score (nSPS) is 7.20. The molecule has 54 valence electrons. The molecule has 0 radical (unpaired) electrons. The van der Waals surface area contributed by atoms with Crippen LogP contribution in [0.15, 0.2) is 24.8 Å². The van der Waals surface area contributed by atoms with Crippen LogP contribution in [0.25, 0.3) is 0 Å². The van der Waals surface area contributed by atoms with E-state index in [0.717, 1.165) is 6.08 Å². The topological polar surface area (TPSA) is 61.1 Å². The minimum absolute atomic E-state index is 0.833. The molecule has 0 amide bonds. The van der Waals surface area contributed by atoms with Crippen LogP contribution in [0.1, 0.15) is 6.92 Å². The molecule has 0 saturated heterocycles. The van der Waals surface area contributed by atoms with E-state index >= 15 is 0 Å². The van der Waals surface area contributed by atoms with E-state index in [4.69, 9.17) is 10.4 Å². The van der Waals surface area contributed by atoms with Crippen molar-refractivity contribution in [3.05, 3.63) is 24.8 Å². The van der Waals surface area contributed by atoms with Gasteiger partial charge in [-0.05, 0) is 6.92 Å². The van der Waals surface area contributed by atoms with Gasteiger partial charge in [-0.2, -0.15) is 5.26 Å². The third kappa shape index (κ3) is 32.0. The van der Waals surface area contributed by atoms with E-state index in [1.165, 1.54) is 6.08 Å². The second-order valence-electron chi connectivity index (χ2n) is 1.17. The highest BCUT2D eigenvalue weighted by Gasteiger charge is 1.73. The first-order valence-electron chi connectivity index (χ1n) is 2.55. The third-order valence-electron chi connectivity index (χ3n) is 0.416. The van der Waals surface area contributed by atoms with Crippen LogP contribution >= 0.6 is 0 Å². The van der Waals surface area contributed by atoms with Crippen molar-refractivity contribution >= 4 is 5.97 Å². The van der Waals surface area contributed by atoms with Crippen LogP contribution in [0, 0.1) is 11.3 Å². The van der Waals surface area contributed by atoms with Crippen molar-refractivity contribution in [3.8, 4) is 6.07 Å². The van der Waals surface area contributed by atoms with Crippen molar-refractivity contribution in [2.24, 2.45) is 0 Å². The Labute approximate surface area is 59.9 Å². The van der Waals surface area contributed by atoms with Gasteiger partial charge in [0.1, 0.15) is 0 Å². The van der Waals surface area contributed by atoms with Gasteiger partial charge in [0.15, 0.2) is 0 Å². The molecule has 1 N–H and O–H groups in total. The van der Waals surface area contributed by atoms with E-state index in [0.29, 0.717) is 0 Å². The van der Waals surface area contributed by atoms with E-state index < -0.39 is 5.97 Å². The Balaban J connectivity index is 0. The van der Waals surface area contributed by atoms with Gasteiger partial charge in [-0.15, -0.1) is 0 Å². The second-order valence-corrected chi connectivity index (χ2v) is 1.17. The largest absolute Gasteiger partial charge is 0.478 e. The number of hydrogen-bond donors (Lipinski definition) is 1. The van der Waals surface area contributed by atoms with Gasteiger partial charge in [-0.25, -0.2) is 4.79 Å². The molecular weight excluding hydrogens is 130 g/mol. The van der Waals surface area contributed by atoms with Crippen molar-refractivity contribution < 1.29 is 9.90 Å². The lowest BCUT2D eigenvalue weighted by atomic mass is 10.6. The number of carbonyl (C=O) groups is 1. The summed E-state index contributed by atoms with van der Waals surface area (Å²) in [6.07, 6.45) is 3.96. The second kappa shape index (κ2) is 10.4. The Morgan fingerprint density at radius 2 is 2.20 bits per heavy atom. The molecule has 0 aromatic carbocycles. The zero-order chi connectivity index (χ0) is 8.41. The number of rotatable bonds is 1. The minimum Gasteiger partial charge on any atom is -0.478 e. The molecule has 0 spiro atoms. The first kappa shape index (κ1) is 11.3. The highest BCUT2D eigenvalue weighted by Crippen LogP contribution is 1.58. The summed E-state index contributed by atoms with van der Waals surface area (Å²) in [5, 5.41) is 15.3. The maximum absolute atomic E-state index is 9.25. The van der Waals surface area contributed by atoms with Crippen molar-refractivity contribution in [1.29, 1.82) is 5.26 Å². The fraction of sp³-hybridized carbons (Fsp3) is 0.143. The van der Waals surface area contributed by atoms with E-state index in [1.807, 2.05) is 13.0 Å². The van der Waals surface area contributed by atoms with Crippen LogP contribution in [-0.2, 0) is 4.79 Å². The summed E-state index contributed by atoms with van der Waals surface area (Å²) in [5.74, 6) is -0.981. The Morgan fingerprint density at radius 1 is 1.80 bits per heavy atom. The van der Waals surface area contributed by atoms with Crippen LogP contribution < -0.4 is 0 Å². The maximum Gasteiger partial charge on any atom is 0.327 e. The Morgan fingerprint density at radius 3 is 2.20 bits per heavy atom. The molecular formula is C7H9NO2. The molecule has 3 nitrogen and oxygen atoms in total. The summed E-state index contributed by atoms with van der Waals surface area (Å²) in [6.45, 7) is 4.77. The summed E-state index contributed by atoms with van der Waals surface area (Å²) in [5.41, 5.74) is 0. The summed E-state index contributed by atoms with van der Waals surface area (Å²) in [7, 11) is 0. The smallest absolute Gasteiger partial charge is 0.327 e. The lowest BCUT2D eigenvalue weighted by molar-refractivity contribution is -0.131. The maximum atomic E-state index is 9.25. The van der Waals surface area contributed by atoms with Gasteiger partial charge in [0.05, 0.1) is 6.07 Å². The average molecular weight is 139 g/mol. The molecule has 0 aliphatic heterocycles. The molecule has 10 heavy (non-hydrogen) atoms. The Hall–Kier alpha value is -1.56. The number of carboxylic acids is 1. The first-order chi connectivity index (χ1) is 4.68. The number of nitriles is 1. The highest BCUT2D eigenvalue weighted by molar-refractivity contribution is 5.78. The number of allylic oxidation sites excluding steroid dienone is 2. The Kier molecular flexibility index (Phi) is 11.7. The van der Waals surface area contributed by atoms with E-state index in [1.54, 1.807) is 6.08 Å². The number of carboxylic acid groups (broad SMARTS) is 1. The van der Waals surface area contributed by atoms with Gasteiger partial charge in [-0.1, -0.05) is 12.7 Å². The molecule has 0 fully saturated rings. The molecule has 0 aliphatic rings. The van der Waals surface area contributed by atoms with E-state index in [9.17, 15) is 4.79 Å². The van der Waals surface area contributed by atoms with Crippen LogP contribution in [0.5, 0.6) is 0 Å². The van der Waals surface area contributed by atoms with Crippen molar-refractivity contribution in [3.63, 3.8) is 0 Å². The van der Waals surface area contributed by atoms with Crippen LogP contribution in [0.3, 0.4) is 0 Å². The molecule has 0 rings (SSSR count). The molecule has 3 heteroatoms. The molecule has 0 aliphatic carbocycles. The van der Waals surface area contributed by atoms with Gasteiger partial charge in [0.2, 0.25) is 0 Å². The number of aliphatic carboxylic acids is 1. The van der Waals surface area contributed by atoms with Crippen LogP contribution in [0.4, 0.5) is 0 Å². The molecule has 0 unspecified atom stereocenters. The van der Waals surface area contributed by atoms with E-state index in [-0.39, 0.29) is 0 Å². The van der Waals surface area contributed by atoms with Gasteiger partial charge in [-0.3, -0.25) is 0 Å². The standard InChI is InChI=1S/C4H5N.C3H4O2/c1-2-3-4-5;1-2-3(4)5/h2-3H,1H3;2H,1H2,(H,4,5)/b3-2+;. The molecule has 0 aromatic rings. The summed E-state index contributed by atoms with van der Waals surface area (Å²) < 4.78 is 0. The van der Waals surface area contributed by atoms with Gasteiger partial charge in [0, 0.05) is 12.2 Å². The van der Waals surface area contributed by atoms with Crippen LogP contribution in [-0.4, -0.2) is 11.1 Å². The fourth-order valence-electron chi connectivity index (χ4n) is 0.0745. The van der Waals surface area contributed by atoms with Crippen molar-refractivity contribution in [2.45, 2.75) is 6.92 Å². The lowest BCUT2D eigenvalue weighted by Gasteiger charge is -1.64. The van der Waals surface area contributed by atoms with Crippen LogP contribution in [0.2, 0.25) is 0 Å². The third-order valence-corrected chi connectivity index (χ3v) is 0.416. The van der Waals surface area contributed by atoms with Crippen molar-refractivity contribution in [1.82, 2.24) is 0 Å². The molecule has 0 heterocycles. The number of hydrogen-bond acceptors (Lipinski definition) is 2. The lowest BCUT2D eigenvalue weighted by Crippen LogP contribution is -1.82. The monoisotopic (exact) mass is 139 g/mol. The zero-order valence-corrected chi connectivity index (χ0v) is 5.74. The highest BCUT2D eigenvalue weighted by atomic mass is 16.4. The summed E-state index contributed by atoms with van der Waals surface area (Å²) >= 11 is 0. The molecule has 0 saturated carbocycles. The minimum atomic E-state index is -0.981. The molecule has 0 aromatic heterocycles. The summed E-state index contributed by atoms with van der Waals surface area (Å²) in [4.78, 5) is 9.25. The summed E-state index contributed by atoms with van der Waals surface area (Å²) in [6, 6.07) is 1.84. The predicted molar refractivity (Wildman–Crippen MR) is 38.3 cm³/mol. The SMILES string of the molecule is C/C=C/C#N.C=CC(=O)O. The fourth-order valence-corrected chi connectivity index (χ4v) is 0.0745. The zero-order valence-electron chi connectivity index (χ0n) is 5.74. The van der Waals surface area contributed by atoms with Gasteiger partial charge >= 0.3 is 5.97 Å². The van der Waals surface area contributed by atoms with Gasteiger partial charge < -0.3 is 5.11 Å². The van der Waals surface area contributed by atoms with Gasteiger partial charge in [0.25, 0.3) is 0 Å². The van der Waals surface area contributed by atoms with E-state index in [2.05, 4.69) is 6.58 Å². The molecule has 0 atom stereocenters. The number of nitrogens with zero attached hydrogens (tertiary/aromatic N) is 1.